The highest BCUT2D eigenvalue weighted by atomic mass is 79.9. The molecule has 5 heteroatoms. The number of rotatable bonds is 7. The van der Waals surface area contributed by atoms with Crippen molar-refractivity contribution in [3.8, 4) is 0 Å². The van der Waals surface area contributed by atoms with Gasteiger partial charge in [-0.15, -0.1) is 0 Å². The first-order chi connectivity index (χ1) is 10.0. The topological polar surface area (TPSA) is 58.4 Å². The number of amides is 1. The molecule has 0 aromatic heterocycles. The molecule has 0 bridgehead atoms. The van der Waals surface area contributed by atoms with E-state index in [4.69, 9.17) is 5.73 Å². The maximum Gasteiger partial charge on any atom is 0.234 e. The number of carbonyl (C=O) groups is 1. The number of hydrogen-bond acceptors (Lipinski definition) is 3. The van der Waals surface area contributed by atoms with E-state index in [1.165, 1.54) is 12.8 Å². The van der Waals surface area contributed by atoms with E-state index in [1.807, 2.05) is 38.2 Å². The molecule has 1 aliphatic carbocycles. The normalized spacial score (nSPS) is 17.6. The van der Waals surface area contributed by atoms with Crippen LogP contribution < -0.4 is 11.1 Å². The van der Waals surface area contributed by atoms with Gasteiger partial charge in [-0.25, -0.2) is 0 Å². The van der Waals surface area contributed by atoms with Crippen molar-refractivity contribution in [2.24, 2.45) is 11.7 Å². The summed E-state index contributed by atoms with van der Waals surface area (Å²) in [7, 11) is 1.99. The maximum absolute atomic E-state index is 12.2. The summed E-state index contributed by atoms with van der Waals surface area (Å²) in [5.41, 5.74) is 6.92. The Morgan fingerprint density at radius 2 is 2.05 bits per heavy atom. The third-order valence-corrected chi connectivity index (χ3v) is 4.64. The number of nitrogens with one attached hydrogen (secondary N) is 1. The summed E-state index contributed by atoms with van der Waals surface area (Å²) in [6, 6.07) is 8.36. The monoisotopic (exact) mass is 353 g/mol. The molecule has 2 atom stereocenters. The van der Waals surface area contributed by atoms with Crippen LogP contribution in [0, 0.1) is 5.92 Å². The Kier molecular flexibility index (Phi) is 5.79. The lowest BCUT2D eigenvalue weighted by atomic mass is 10.1. The quantitative estimate of drug-likeness (QED) is 0.790. The van der Waals surface area contributed by atoms with Crippen LogP contribution in [0.1, 0.15) is 31.4 Å². The summed E-state index contributed by atoms with van der Waals surface area (Å²) in [4.78, 5) is 14.2. The summed E-state index contributed by atoms with van der Waals surface area (Å²) in [5.74, 6) is 0.726. The lowest BCUT2D eigenvalue weighted by Gasteiger charge is -2.27. The summed E-state index contributed by atoms with van der Waals surface area (Å²) in [6.45, 7) is 3.03. The molecule has 1 aromatic rings. The second-order valence-corrected chi connectivity index (χ2v) is 6.81. The van der Waals surface area contributed by atoms with Crippen molar-refractivity contribution in [1.29, 1.82) is 0 Å². The summed E-state index contributed by atoms with van der Waals surface area (Å²) in [6.07, 6.45) is 2.48. The SMILES string of the molecule is CC(NC(=O)CN(C)C(CN)C1CC1)c1ccc(Br)cc1. The molecular formula is C16H24BrN3O. The van der Waals surface area contributed by atoms with Crippen LogP contribution in [-0.4, -0.2) is 37.0 Å². The number of benzene rings is 1. The molecule has 3 N–H and O–H groups in total. The number of likely N-dealkylation sites (N-methyl/N-ethyl adjacent to an activating group) is 1. The van der Waals surface area contributed by atoms with Crippen molar-refractivity contribution >= 4 is 21.8 Å². The van der Waals surface area contributed by atoms with Crippen LogP contribution in [0.25, 0.3) is 0 Å². The van der Waals surface area contributed by atoms with E-state index in [0.29, 0.717) is 25.0 Å². The first-order valence-corrected chi connectivity index (χ1v) is 8.25. The highest BCUT2D eigenvalue weighted by molar-refractivity contribution is 9.10. The molecule has 1 saturated carbocycles. The molecule has 116 valence electrons. The Morgan fingerprint density at radius 1 is 1.43 bits per heavy atom. The van der Waals surface area contributed by atoms with Gasteiger partial charge in [0, 0.05) is 17.1 Å². The third-order valence-electron chi connectivity index (χ3n) is 4.11. The van der Waals surface area contributed by atoms with Gasteiger partial charge < -0.3 is 11.1 Å². The predicted octanol–water partition coefficient (Wildman–Crippen LogP) is 2.30. The zero-order chi connectivity index (χ0) is 15.4. The van der Waals surface area contributed by atoms with Crippen LogP contribution in [-0.2, 0) is 4.79 Å². The lowest BCUT2D eigenvalue weighted by molar-refractivity contribution is -0.123. The highest BCUT2D eigenvalue weighted by Crippen LogP contribution is 2.34. The molecule has 4 nitrogen and oxygen atoms in total. The molecule has 1 aliphatic rings. The molecule has 1 fully saturated rings. The van der Waals surface area contributed by atoms with E-state index >= 15 is 0 Å². The van der Waals surface area contributed by atoms with Gasteiger partial charge in [0.15, 0.2) is 0 Å². The van der Waals surface area contributed by atoms with Gasteiger partial charge in [0.25, 0.3) is 0 Å². The fraction of sp³-hybridized carbons (Fsp3) is 0.562. The largest absolute Gasteiger partial charge is 0.348 e. The zero-order valence-electron chi connectivity index (χ0n) is 12.7. The number of carbonyl (C=O) groups excluding carboxylic acids is 1. The number of halogens is 1. The third kappa shape index (κ3) is 4.80. The minimum atomic E-state index is 0.0104. The molecular weight excluding hydrogens is 330 g/mol. The van der Waals surface area contributed by atoms with Gasteiger partial charge >= 0.3 is 0 Å². The van der Waals surface area contributed by atoms with Gasteiger partial charge in [0.2, 0.25) is 5.91 Å². The number of nitrogens with two attached hydrogens (primary N) is 1. The van der Waals surface area contributed by atoms with Crippen LogP contribution in [0.5, 0.6) is 0 Å². The van der Waals surface area contributed by atoms with Crippen molar-refractivity contribution in [1.82, 2.24) is 10.2 Å². The number of hydrogen-bond donors (Lipinski definition) is 2. The minimum Gasteiger partial charge on any atom is -0.348 e. The highest BCUT2D eigenvalue weighted by Gasteiger charge is 2.33. The fourth-order valence-corrected chi connectivity index (χ4v) is 2.94. The van der Waals surface area contributed by atoms with Gasteiger partial charge in [-0.1, -0.05) is 28.1 Å². The number of nitrogens with zero attached hydrogens (tertiary/aromatic N) is 1. The Bertz CT molecular complexity index is 473. The Hall–Kier alpha value is -0.910. The van der Waals surface area contributed by atoms with Crippen molar-refractivity contribution in [3.05, 3.63) is 34.3 Å². The van der Waals surface area contributed by atoms with Gasteiger partial charge in [-0.2, -0.15) is 0 Å². The first-order valence-electron chi connectivity index (χ1n) is 7.46. The second-order valence-electron chi connectivity index (χ2n) is 5.90. The van der Waals surface area contributed by atoms with Crippen LogP contribution >= 0.6 is 15.9 Å². The van der Waals surface area contributed by atoms with E-state index < -0.39 is 0 Å². The van der Waals surface area contributed by atoms with E-state index in [0.717, 1.165) is 10.0 Å². The van der Waals surface area contributed by atoms with Gasteiger partial charge in [-0.05, 0) is 50.4 Å². The molecule has 0 radical (unpaired) electrons. The second kappa shape index (κ2) is 7.38. The first kappa shape index (κ1) is 16.5. The lowest BCUT2D eigenvalue weighted by Crippen LogP contribution is -2.45. The zero-order valence-corrected chi connectivity index (χ0v) is 14.3. The van der Waals surface area contributed by atoms with E-state index in [-0.39, 0.29) is 11.9 Å². The van der Waals surface area contributed by atoms with Crippen LogP contribution in [0.15, 0.2) is 28.7 Å². The van der Waals surface area contributed by atoms with Crippen molar-refractivity contribution in [3.63, 3.8) is 0 Å². The minimum absolute atomic E-state index is 0.0104. The van der Waals surface area contributed by atoms with Crippen LogP contribution in [0.4, 0.5) is 0 Å². The maximum atomic E-state index is 12.2. The van der Waals surface area contributed by atoms with E-state index in [9.17, 15) is 4.79 Å². The average molecular weight is 354 g/mol. The molecule has 2 unspecified atom stereocenters. The Balaban J connectivity index is 1.84. The van der Waals surface area contributed by atoms with Crippen molar-refractivity contribution in [2.75, 3.05) is 20.1 Å². The molecule has 2 rings (SSSR count). The van der Waals surface area contributed by atoms with Crippen LogP contribution in [0.2, 0.25) is 0 Å². The van der Waals surface area contributed by atoms with Crippen LogP contribution in [0.3, 0.4) is 0 Å². The summed E-state index contributed by atoms with van der Waals surface area (Å²) < 4.78 is 1.04. The van der Waals surface area contributed by atoms with Gasteiger partial charge in [-0.3, -0.25) is 9.69 Å². The summed E-state index contributed by atoms with van der Waals surface area (Å²) in [5, 5.41) is 3.05. The smallest absolute Gasteiger partial charge is 0.234 e. The molecule has 0 aliphatic heterocycles. The molecule has 0 heterocycles. The van der Waals surface area contributed by atoms with Crippen molar-refractivity contribution in [2.45, 2.75) is 31.8 Å². The molecule has 0 spiro atoms. The Labute approximate surface area is 135 Å². The Morgan fingerprint density at radius 3 is 2.57 bits per heavy atom. The predicted molar refractivity (Wildman–Crippen MR) is 88.9 cm³/mol. The molecule has 1 amide bonds. The molecule has 21 heavy (non-hydrogen) atoms. The van der Waals surface area contributed by atoms with E-state index in [1.54, 1.807) is 0 Å². The average Bonchev–Trinajstić information content (AvgIpc) is 3.24. The van der Waals surface area contributed by atoms with Gasteiger partial charge in [0.1, 0.15) is 0 Å². The standard InChI is InChI=1S/C16H24BrN3O/c1-11(12-5-7-14(17)8-6-12)19-16(21)10-20(2)15(9-18)13-3-4-13/h5-8,11,13,15H,3-4,9-10,18H2,1-2H3,(H,19,21). The van der Waals surface area contributed by atoms with Gasteiger partial charge in [0.05, 0.1) is 12.6 Å². The molecule has 0 saturated heterocycles. The molecule has 1 aromatic carbocycles. The fourth-order valence-electron chi connectivity index (χ4n) is 2.68. The summed E-state index contributed by atoms with van der Waals surface area (Å²) >= 11 is 3.42. The van der Waals surface area contributed by atoms with Crippen molar-refractivity contribution < 1.29 is 4.79 Å². The van der Waals surface area contributed by atoms with E-state index in [2.05, 4.69) is 26.1 Å².